The molecule has 2 saturated carbocycles. The van der Waals surface area contributed by atoms with Crippen molar-refractivity contribution in [1.82, 2.24) is 0 Å². The van der Waals surface area contributed by atoms with Crippen LogP contribution >= 0.6 is 11.8 Å². The molecule has 0 aliphatic heterocycles. The maximum absolute atomic E-state index is 13.5. The van der Waals surface area contributed by atoms with Crippen LogP contribution < -0.4 is 5.73 Å². The molecular formula is C30H35NO4S. The molecule has 0 radical (unpaired) electrons. The summed E-state index contributed by atoms with van der Waals surface area (Å²) in [6, 6.07) is 8.51. The lowest BCUT2D eigenvalue weighted by atomic mass is 9.67. The number of nitrogens with two attached hydrogens (primary N) is 1. The maximum Gasteiger partial charge on any atom is 0.340 e. The van der Waals surface area contributed by atoms with E-state index in [9.17, 15) is 14.4 Å². The van der Waals surface area contributed by atoms with Crippen LogP contribution in [0.1, 0.15) is 107 Å². The summed E-state index contributed by atoms with van der Waals surface area (Å²) in [5.41, 5.74) is 7.94. The summed E-state index contributed by atoms with van der Waals surface area (Å²) in [4.78, 5) is 41.1. The number of anilines is 1. The number of benzene rings is 2. The largest absolute Gasteiger partial charge is 0.459 e. The first kappa shape index (κ1) is 25.1. The zero-order chi connectivity index (χ0) is 25.4. The topological polar surface area (TPSA) is 86.5 Å². The van der Waals surface area contributed by atoms with Crippen LogP contribution in [0.4, 0.5) is 5.69 Å². The maximum atomic E-state index is 13.5. The molecule has 36 heavy (non-hydrogen) atoms. The van der Waals surface area contributed by atoms with Gasteiger partial charge in [-0.2, -0.15) is 0 Å². The first-order valence-corrected chi connectivity index (χ1v) is 14.4. The van der Waals surface area contributed by atoms with Crippen LogP contribution in [0.3, 0.4) is 0 Å². The van der Waals surface area contributed by atoms with Gasteiger partial charge in [-0.3, -0.25) is 9.59 Å². The van der Waals surface area contributed by atoms with Gasteiger partial charge in [0.1, 0.15) is 6.10 Å². The predicted molar refractivity (Wildman–Crippen MR) is 143 cm³/mol. The standard InChI is InChI=1S/C30H35NO4S/c1-3-4-13-36-24-16-23(30(34)35-20-12-11-18-14-17(2)9-10-19(18)15-20)27(31)26-25(24)28(32)21-7-5-6-8-22(21)29(26)33/h5-8,16-20H,3-4,9-15,31H2,1-2H3. The Bertz CT molecular complexity index is 1210. The van der Waals surface area contributed by atoms with E-state index in [-0.39, 0.29) is 34.5 Å². The van der Waals surface area contributed by atoms with Crippen molar-refractivity contribution in [2.75, 3.05) is 11.5 Å². The molecule has 5 rings (SSSR count). The molecule has 2 aromatic rings. The van der Waals surface area contributed by atoms with Gasteiger partial charge in [-0.25, -0.2) is 4.79 Å². The van der Waals surface area contributed by atoms with Crippen molar-refractivity contribution in [2.45, 2.75) is 76.2 Å². The van der Waals surface area contributed by atoms with Gasteiger partial charge in [0, 0.05) is 21.6 Å². The Morgan fingerprint density at radius 3 is 2.39 bits per heavy atom. The molecule has 0 spiro atoms. The molecule has 0 heterocycles. The molecule has 0 bridgehead atoms. The second kappa shape index (κ2) is 10.4. The van der Waals surface area contributed by atoms with Gasteiger partial charge in [-0.15, -0.1) is 11.8 Å². The van der Waals surface area contributed by atoms with Crippen molar-refractivity contribution >= 4 is 35.0 Å². The molecular weight excluding hydrogens is 470 g/mol. The summed E-state index contributed by atoms with van der Waals surface area (Å²) < 4.78 is 6.01. The van der Waals surface area contributed by atoms with Crippen LogP contribution in [0.5, 0.6) is 0 Å². The van der Waals surface area contributed by atoms with E-state index >= 15 is 0 Å². The molecule has 0 amide bonds. The van der Waals surface area contributed by atoms with Gasteiger partial charge in [-0.1, -0.05) is 51.0 Å². The number of hydrogen-bond donors (Lipinski definition) is 1. The Labute approximate surface area is 217 Å². The summed E-state index contributed by atoms with van der Waals surface area (Å²) in [5.74, 6) is 1.92. The Hall–Kier alpha value is -2.60. The molecule has 6 heteroatoms. The number of rotatable bonds is 6. The minimum Gasteiger partial charge on any atom is -0.459 e. The van der Waals surface area contributed by atoms with Crippen molar-refractivity contribution < 1.29 is 19.1 Å². The highest BCUT2D eigenvalue weighted by Gasteiger charge is 2.38. The van der Waals surface area contributed by atoms with Crippen LogP contribution in [0.2, 0.25) is 0 Å². The first-order chi connectivity index (χ1) is 17.4. The van der Waals surface area contributed by atoms with Crippen LogP contribution in [0, 0.1) is 17.8 Å². The van der Waals surface area contributed by atoms with E-state index in [0.29, 0.717) is 27.5 Å². The third-order valence-electron chi connectivity index (χ3n) is 8.28. The van der Waals surface area contributed by atoms with E-state index < -0.39 is 5.97 Å². The quantitative estimate of drug-likeness (QED) is 0.174. The van der Waals surface area contributed by atoms with Crippen molar-refractivity contribution in [1.29, 1.82) is 0 Å². The fourth-order valence-corrected chi connectivity index (χ4v) is 7.49. The fourth-order valence-electron chi connectivity index (χ4n) is 6.30. The van der Waals surface area contributed by atoms with E-state index in [0.717, 1.165) is 49.7 Å². The molecule has 4 atom stereocenters. The van der Waals surface area contributed by atoms with Gasteiger partial charge in [0.05, 0.1) is 16.8 Å². The number of esters is 1. The average Bonchev–Trinajstić information content (AvgIpc) is 2.88. The summed E-state index contributed by atoms with van der Waals surface area (Å²) in [6.45, 7) is 4.44. The molecule has 5 nitrogen and oxygen atoms in total. The van der Waals surface area contributed by atoms with Gasteiger partial charge >= 0.3 is 5.97 Å². The fraction of sp³-hybridized carbons (Fsp3) is 0.500. The third-order valence-corrected chi connectivity index (χ3v) is 9.40. The molecule has 4 unspecified atom stereocenters. The minimum atomic E-state index is -0.487. The van der Waals surface area contributed by atoms with Gasteiger partial charge < -0.3 is 10.5 Å². The number of fused-ring (bicyclic) bond motifs is 3. The van der Waals surface area contributed by atoms with Crippen molar-refractivity contribution in [3.05, 3.63) is 58.1 Å². The smallest absolute Gasteiger partial charge is 0.340 e. The average molecular weight is 506 g/mol. The van der Waals surface area contributed by atoms with E-state index in [1.165, 1.54) is 31.0 Å². The molecule has 2 N–H and O–H groups in total. The zero-order valence-electron chi connectivity index (χ0n) is 21.2. The van der Waals surface area contributed by atoms with Crippen LogP contribution in [-0.2, 0) is 4.74 Å². The van der Waals surface area contributed by atoms with E-state index in [4.69, 9.17) is 10.5 Å². The zero-order valence-corrected chi connectivity index (χ0v) is 22.0. The third kappa shape index (κ3) is 4.60. The summed E-state index contributed by atoms with van der Waals surface area (Å²) in [7, 11) is 0. The highest BCUT2D eigenvalue weighted by atomic mass is 32.2. The summed E-state index contributed by atoms with van der Waals surface area (Å²) >= 11 is 1.51. The van der Waals surface area contributed by atoms with Crippen LogP contribution in [0.25, 0.3) is 0 Å². The number of hydrogen-bond acceptors (Lipinski definition) is 6. The highest BCUT2D eigenvalue weighted by Crippen LogP contribution is 2.44. The van der Waals surface area contributed by atoms with Crippen LogP contribution in [0.15, 0.2) is 35.2 Å². The van der Waals surface area contributed by atoms with Crippen molar-refractivity contribution in [3.8, 4) is 0 Å². The molecule has 0 saturated heterocycles. The molecule has 3 aliphatic rings. The van der Waals surface area contributed by atoms with Gasteiger partial charge in [0.25, 0.3) is 0 Å². The number of carbonyl (C=O) groups excluding carboxylic acids is 3. The Kier molecular flexibility index (Phi) is 7.25. The van der Waals surface area contributed by atoms with Gasteiger partial charge in [0.2, 0.25) is 0 Å². The number of carbonyl (C=O) groups is 3. The van der Waals surface area contributed by atoms with E-state index in [1.807, 2.05) is 0 Å². The highest BCUT2D eigenvalue weighted by molar-refractivity contribution is 7.99. The lowest BCUT2D eigenvalue weighted by Gasteiger charge is -2.41. The molecule has 2 aromatic carbocycles. The SMILES string of the molecule is CCCCSc1cc(C(=O)OC2CCC3CC(C)CCC3C2)c(N)c2c1C(=O)c1ccccc1C2=O. The second-order valence-electron chi connectivity index (χ2n) is 10.8. The number of unbranched alkanes of at least 4 members (excludes halogenated alkanes) is 1. The van der Waals surface area contributed by atoms with Gasteiger partial charge in [-0.05, 0) is 68.1 Å². The molecule has 3 aliphatic carbocycles. The Morgan fingerprint density at radius 2 is 1.67 bits per heavy atom. The number of thioether (sulfide) groups is 1. The van der Waals surface area contributed by atoms with Gasteiger partial charge in [0.15, 0.2) is 11.6 Å². The summed E-state index contributed by atoms with van der Waals surface area (Å²) in [5, 5.41) is 0. The Balaban J connectivity index is 1.46. The van der Waals surface area contributed by atoms with Crippen molar-refractivity contribution in [2.24, 2.45) is 17.8 Å². The van der Waals surface area contributed by atoms with E-state index in [2.05, 4.69) is 13.8 Å². The lowest BCUT2D eigenvalue weighted by Crippen LogP contribution is -2.35. The van der Waals surface area contributed by atoms with Crippen LogP contribution in [-0.4, -0.2) is 29.4 Å². The molecule has 2 fully saturated rings. The molecule has 0 aromatic heterocycles. The molecule has 190 valence electrons. The first-order valence-electron chi connectivity index (χ1n) is 13.4. The van der Waals surface area contributed by atoms with Crippen molar-refractivity contribution in [3.63, 3.8) is 0 Å². The monoisotopic (exact) mass is 505 g/mol. The number of ketones is 2. The number of nitrogen functional groups attached to an aromatic ring is 1. The number of ether oxygens (including phenoxy) is 1. The summed E-state index contributed by atoms with van der Waals surface area (Å²) in [6.07, 6.45) is 8.43. The Morgan fingerprint density at radius 1 is 1.00 bits per heavy atom. The lowest BCUT2D eigenvalue weighted by molar-refractivity contribution is -0.00485. The normalized spacial score (nSPS) is 25.1. The minimum absolute atomic E-state index is 0.0582. The predicted octanol–water partition coefficient (Wildman–Crippen LogP) is 6.70. The van der Waals surface area contributed by atoms with E-state index in [1.54, 1.807) is 30.3 Å². The second-order valence-corrected chi connectivity index (χ2v) is 11.9.